The van der Waals surface area contributed by atoms with Gasteiger partial charge in [0.25, 0.3) is 0 Å². The lowest BCUT2D eigenvalue weighted by atomic mass is 10.1. The molecule has 0 unspecified atom stereocenters. The van der Waals surface area contributed by atoms with Crippen LogP contribution in [0.15, 0.2) is 24.3 Å². The molecule has 0 radical (unpaired) electrons. The molecule has 1 aromatic rings. The highest BCUT2D eigenvalue weighted by Crippen LogP contribution is 2.27. The normalized spacial score (nSPS) is 15.9. The van der Waals surface area contributed by atoms with E-state index in [2.05, 4.69) is 41.5 Å². The maximum atomic E-state index is 3.22. The van der Waals surface area contributed by atoms with Crippen molar-refractivity contribution in [2.24, 2.45) is 0 Å². The van der Waals surface area contributed by atoms with Gasteiger partial charge >= 0.3 is 0 Å². The Morgan fingerprint density at radius 1 is 1.27 bits per heavy atom. The summed E-state index contributed by atoms with van der Waals surface area (Å²) in [5, 5.41) is 3.22. The predicted octanol–water partition coefficient (Wildman–Crippen LogP) is 2.00. The second-order valence-corrected chi connectivity index (χ2v) is 4.45. The summed E-state index contributed by atoms with van der Waals surface area (Å²) in [5.41, 5.74) is 2.88. The van der Waals surface area contributed by atoms with Gasteiger partial charge in [0.1, 0.15) is 0 Å². The molecule has 0 aliphatic heterocycles. The summed E-state index contributed by atoms with van der Waals surface area (Å²) in [6.07, 6.45) is 2.76. The van der Waals surface area contributed by atoms with Gasteiger partial charge < -0.3 is 5.32 Å². The van der Waals surface area contributed by atoms with Crippen molar-refractivity contribution in [3.63, 3.8) is 0 Å². The van der Waals surface area contributed by atoms with Crippen LogP contribution in [0.2, 0.25) is 0 Å². The molecule has 1 aromatic carbocycles. The van der Waals surface area contributed by atoms with Crippen LogP contribution in [-0.2, 0) is 13.1 Å². The van der Waals surface area contributed by atoms with Gasteiger partial charge in [-0.15, -0.1) is 0 Å². The van der Waals surface area contributed by atoms with E-state index in [1.165, 1.54) is 24.0 Å². The lowest BCUT2D eigenvalue weighted by molar-refractivity contribution is 0.315. The van der Waals surface area contributed by atoms with Crippen molar-refractivity contribution in [3.8, 4) is 0 Å². The zero-order valence-electron chi connectivity index (χ0n) is 9.66. The molecule has 0 saturated heterocycles. The second kappa shape index (κ2) is 4.77. The third-order valence-electron chi connectivity index (χ3n) is 3.08. The molecule has 1 N–H and O–H groups in total. The topological polar surface area (TPSA) is 15.3 Å². The smallest absolute Gasteiger partial charge is 0.0236 e. The van der Waals surface area contributed by atoms with Crippen LogP contribution >= 0.6 is 0 Å². The number of nitrogens with one attached hydrogen (secondary N) is 1. The Morgan fingerprint density at radius 2 is 1.93 bits per heavy atom. The van der Waals surface area contributed by atoms with E-state index in [0.717, 1.165) is 19.1 Å². The van der Waals surface area contributed by atoms with Gasteiger partial charge in [-0.3, -0.25) is 4.90 Å². The minimum Gasteiger partial charge on any atom is -0.316 e. The number of nitrogens with zero attached hydrogens (tertiary/aromatic N) is 1. The molecule has 82 valence electrons. The second-order valence-electron chi connectivity index (χ2n) is 4.45. The molecule has 1 fully saturated rings. The summed E-state index contributed by atoms with van der Waals surface area (Å²) < 4.78 is 0. The van der Waals surface area contributed by atoms with Gasteiger partial charge in [-0.1, -0.05) is 24.3 Å². The van der Waals surface area contributed by atoms with E-state index in [1.807, 2.05) is 7.05 Å². The summed E-state index contributed by atoms with van der Waals surface area (Å²) in [6.45, 7) is 2.05. The third kappa shape index (κ3) is 2.80. The molecule has 0 bridgehead atoms. The molecule has 0 amide bonds. The van der Waals surface area contributed by atoms with Gasteiger partial charge in [0.15, 0.2) is 0 Å². The average molecular weight is 204 g/mol. The van der Waals surface area contributed by atoms with Crippen molar-refractivity contribution < 1.29 is 0 Å². The van der Waals surface area contributed by atoms with Crippen LogP contribution in [0.1, 0.15) is 24.0 Å². The Hall–Kier alpha value is -0.860. The zero-order valence-corrected chi connectivity index (χ0v) is 9.66. The van der Waals surface area contributed by atoms with Gasteiger partial charge in [0.05, 0.1) is 0 Å². The van der Waals surface area contributed by atoms with E-state index in [1.54, 1.807) is 0 Å². The predicted molar refractivity (Wildman–Crippen MR) is 63.7 cm³/mol. The standard InChI is InChI=1S/C13H20N2/c1-14-9-11-5-3-4-6-12(11)10-15(2)13-7-8-13/h3-6,13-14H,7-10H2,1-2H3. The van der Waals surface area contributed by atoms with Gasteiger partial charge in [-0.2, -0.15) is 0 Å². The number of benzene rings is 1. The minimum absolute atomic E-state index is 0.840. The Bertz CT molecular complexity index is 318. The summed E-state index contributed by atoms with van der Waals surface area (Å²) >= 11 is 0. The fourth-order valence-electron chi connectivity index (χ4n) is 1.99. The minimum atomic E-state index is 0.840. The Kier molecular flexibility index (Phi) is 3.39. The number of rotatable bonds is 5. The van der Waals surface area contributed by atoms with Crippen molar-refractivity contribution >= 4 is 0 Å². The molecule has 0 heterocycles. The van der Waals surface area contributed by atoms with Gasteiger partial charge in [-0.25, -0.2) is 0 Å². The Morgan fingerprint density at radius 3 is 2.53 bits per heavy atom. The first-order valence-corrected chi connectivity index (χ1v) is 5.73. The van der Waals surface area contributed by atoms with Crippen LogP contribution in [0.3, 0.4) is 0 Å². The first kappa shape index (κ1) is 10.7. The van der Waals surface area contributed by atoms with Crippen molar-refractivity contribution in [2.75, 3.05) is 14.1 Å². The van der Waals surface area contributed by atoms with Crippen LogP contribution in [0, 0.1) is 0 Å². The van der Waals surface area contributed by atoms with Crippen molar-refractivity contribution in [1.82, 2.24) is 10.2 Å². The van der Waals surface area contributed by atoms with E-state index < -0.39 is 0 Å². The fraction of sp³-hybridized carbons (Fsp3) is 0.538. The highest BCUT2D eigenvalue weighted by Gasteiger charge is 2.26. The molecule has 2 nitrogen and oxygen atoms in total. The summed E-state index contributed by atoms with van der Waals surface area (Å²) in [6, 6.07) is 9.55. The van der Waals surface area contributed by atoms with Gasteiger partial charge in [0.2, 0.25) is 0 Å². The van der Waals surface area contributed by atoms with E-state index in [-0.39, 0.29) is 0 Å². The SMILES string of the molecule is CNCc1ccccc1CN(C)C1CC1. The van der Waals surface area contributed by atoms with Crippen molar-refractivity contribution in [1.29, 1.82) is 0 Å². The summed E-state index contributed by atoms with van der Waals surface area (Å²) in [7, 11) is 4.23. The van der Waals surface area contributed by atoms with Crippen LogP contribution in [0.5, 0.6) is 0 Å². The number of hydrogen-bond donors (Lipinski definition) is 1. The number of hydrogen-bond acceptors (Lipinski definition) is 2. The van der Waals surface area contributed by atoms with Crippen molar-refractivity contribution in [2.45, 2.75) is 32.0 Å². The maximum absolute atomic E-state index is 3.22. The highest BCUT2D eigenvalue weighted by molar-refractivity contribution is 5.27. The van der Waals surface area contributed by atoms with Gasteiger partial charge in [-0.05, 0) is 38.1 Å². The third-order valence-corrected chi connectivity index (χ3v) is 3.08. The van der Waals surface area contributed by atoms with Crippen molar-refractivity contribution in [3.05, 3.63) is 35.4 Å². The van der Waals surface area contributed by atoms with Crippen LogP contribution in [0.4, 0.5) is 0 Å². The van der Waals surface area contributed by atoms with Crippen LogP contribution in [0.25, 0.3) is 0 Å². The average Bonchev–Trinajstić information content (AvgIpc) is 3.04. The first-order chi connectivity index (χ1) is 7.31. The molecule has 15 heavy (non-hydrogen) atoms. The molecular weight excluding hydrogens is 184 g/mol. The molecular formula is C13H20N2. The maximum Gasteiger partial charge on any atom is 0.0236 e. The molecule has 1 aliphatic rings. The Labute approximate surface area is 92.3 Å². The molecule has 2 heteroatoms. The molecule has 1 aliphatic carbocycles. The van der Waals surface area contributed by atoms with E-state index in [0.29, 0.717) is 0 Å². The monoisotopic (exact) mass is 204 g/mol. The van der Waals surface area contributed by atoms with E-state index in [4.69, 9.17) is 0 Å². The van der Waals surface area contributed by atoms with Gasteiger partial charge in [0, 0.05) is 19.1 Å². The first-order valence-electron chi connectivity index (χ1n) is 5.73. The quantitative estimate of drug-likeness (QED) is 0.789. The molecule has 1 saturated carbocycles. The highest BCUT2D eigenvalue weighted by atomic mass is 15.1. The van der Waals surface area contributed by atoms with Crippen LogP contribution in [-0.4, -0.2) is 25.0 Å². The van der Waals surface area contributed by atoms with E-state index in [9.17, 15) is 0 Å². The molecule has 0 aromatic heterocycles. The molecule has 0 spiro atoms. The molecule has 0 atom stereocenters. The lowest BCUT2D eigenvalue weighted by Crippen LogP contribution is -2.21. The Balaban J connectivity index is 2.04. The largest absolute Gasteiger partial charge is 0.316 e. The fourth-order valence-corrected chi connectivity index (χ4v) is 1.99. The lowest BCUT2D eigenvalue weighted by Gasteiger charge is -2.18. The zero-order chi connectivity index (χ0) is 10.7. The summed E-state index contributed by atoms with van der Waals surface area (Å²) in [5.74, 6) is 0. The van der Waals surface area contributed by atoms with Crippen LogP contribution < -0.4 is 5.32 Å². The summed E-state index contributed by atoms with van der Waals surface area (Å²) in [4.78, 5) is 2.47. The van der Waals surface area contributed by atoms with E-state index >= 15 is 0 Å². The molecule has 2 rings (SSSR count).